The van der Waals surface area contributed by atoms with Gasteiger partial charge in [0.2, 0.25) is 11.8 Å². The molecule has 0 radical (unpaired) electrons. The van der Waals surface area contributed by atoms with Gasteiger partial charge in [0.15, 0.2) is 0 Å². The topological polar surface area (TPSA) is 70.2 Å². The Hall–Kier alpha value is -0.810. The minimum atomic E-state index is -0.432. The third-order valence-electron chi connectivity index (χ3n) is 3.78. The van der Waals surface area contributed by atoms with Crippen molar-refractivity contribution >= 4 is 24.2 Å². The minimum Gasteiger partial charge on any atom is -0.354 e. The lowest BCUT2D eigenvalue weighted by Gasteiger charge is -2.33. The summed E-state index contributed by atoms with van der Waals surface area (Å²) in [7, 11) is 0. The molecule has 0 aromatic heterocycles. The Morgan fingerprint density at radius 3 is 2.47 bits per heavy atom. The van der Waals surface area contributed by atoms with Crippen LogP contribution in [0.1, 0.15) is 39.0 Å². The molecule has 0 bridgehead atoms. The van der Waals surface area contributed by atoms with E-state index >= 15 is 0 Å². The van der Waals surface area contributed by atoms with Gasteiger partial charge in [0.25, 0.3) is 0 Å². The highest BCUT2D eigenvalue weighted by Gasteiger charge is 2.34. The van der Waals surface area contributed by atoms with E-state index < -0.39 is 5.54 Å². The molecular formula is C13H24ClN3O2. The first-order chi connectivity index (χ1) is 8.62. The van der Waals surface area contributed by atoms with Crippen LogP contribution in [0.2, 0.25) is 0 Å². The number of carbonyl (C=O) groups excluding carboxylic acids is 2. The number of piperidine rings is 1. The summed E-state index contributed by atoms with van der Waals surface area (Å²) in [5.74, 6) is 0.410. The molecule has 2 rings (SSSR count). The van der Waals surface area contributed by atoms with Crippen molar-refractivity contribution in [2.24, 2.45) is 5.92 Å². The van der Waals surface area contributed by atoms with E-state index in [4.69, 9.17) is 0 Å². The lowest BCUT2D eigenvalue weighted by molar-refractivity contribution is -0.128. The molecule has 1 saturated heterocycles. The number of nitrogens with one attached hydrogen (secondary N) is 3. The summed E-state index contributed by atoms with van der Waals surface area (Å²) in [6.45, 7) is 3.89. The molecule has 0 aromatic rings. The number of carbonyl (C=O) groups is 2. The van der Waals surface area contributed by atoms with Crippen LogP contribution in [0.4, 0.5) is 0 Å². The van der Waals surface area contributed by atoms with Crippen LogP contribution in [-0.2, 0) is 9.59 Å². The van der Waals surface area contributed by atoms with E-state index in [0.29, 0.717) is 13.1 Å². The van der Waals surface area contributed by atoms with Crippen LogP contribution in [0, 0.1) is 5.92 Å². The van der Waals surface area contributed by atoms with Crippen molar-refractivity contribution in [2.45, 2.75) is 44.6 Å². The Bertz CT molecular complexity index is 326. The van der Waals surface area contributed by atoms with Crippen molar-refractivity contribution < 1.29 is 9.59 Å². The molecule has 2 fully saturated rings. The second-order valence-corrected chi connectivity index (χ2v) is 5.54. The van der Waals surface area contributed by atoms with Crippen molar-refractivity contribution in [3.8, 4) is 0 Å². The van der Waals surface area contributed by atoms with Gasteiger partial charge in [-0.05, 0) is 45.6 Å². The van der Waals surface area contributed by atoms with Crippen molar-refractivity contribution in [2.75, 3.05) is 19.6 Å². The second kappa shape index (κ2) is 7.10. The molecular weight excluding hydrogens is 266 g/mol. The average molecular weight is 290 g/mol. The van der Waals surface area contributed by atoms with Gasteiger partial charge in [-0.15, -0.1) is 12.4 Å². The van der Waals surface area contributed by atoms with Crippen LogP contribution >= 0.6 is 12.4 Å². The first kappa shape index (κ1) is 16.2. The summed E-state index contributed by atoms with van der Waals surface area (Å²) in [5.41, 5.74) is -0.432. The smallest absolute Gasteiger partial charge is 0.240 e. The molecule has 3 N–H and O–H groups in total. The molecule has 1 aliphatic carbocycles. The van der Waals surface area contributed by atoms with E-state index in [9.17, 15) is 9.59 Å². The number of halogens is 1. The Morgan fingerprint density at radius 1 is 1.21 bits per heavy atom. The van der Waals surface area contributed by atoms with Gasteiger partial charge in [-0.25, -0.2) is 0 Å². The molecule has 0 aromatic carbocycles. The van der Waals surface area contributed by atoms with Gasteiger partial charge in [-0.3, -0.25) is 9.59 Å². The zero-order valence-corrected chi connectivity index (χ0v) is 12.3. The molecule has 110 valence electrons. The van der Waals surface area contributed by atoms with Crippen LogP contribution in [0.25, 0.3) is 0 Å². The predicted octanol–water partition coefficient (Wildman–Crippen LogP) is 0.583. The minimum absolute atomic E-state index is 0. The zero-order valence-electron chi connectivity index (χ0n) is 11.5. The summed E-state index contributed by atoms with van der Waals surface area (Å²) in [6.07, 6.45) is 5.14. The Labute approximate surface area is 120 Å². The fraction of sp³-hybridized carbons (Fsp3) is 0.846. The normalized spacial score (nSPS) is 26.2. The Morgan fingerprint density at radius 2 is 1.89 bits per heavy atom. The van der Waals surface area contributed by atoms with E-state index in [-0.39, 0.29) is 30.1 Å². The zero-order chi connectivity index (χ0) is 13.0. The lowest BCUT2D eigenvalue weighted by Crippen LogP contribution is -2.57. The summed E-state index contributed by atoms with van der Waals surface area (Å²) in [4.78, 5) is 23.4. The van der Waals surface area contributed by atoms with Gasteiger partial charge in [-0.1, -0.05) is 0 Å². The number of rotatable bonds is 5. The average Bonchev–Trinajstić information content (AvgIpc) is 3.19. The van der Waals surface area contributed by atoms with E-state index in [1.54, 1.807) is 0 Å². The monoisotopic (exact) mass is 289 g/mol. The second-order valence-electron chi connectivity index (χ2n) is 5.54. The Balaban J connectivity index is 0.00000180. The number of hydrogen-bond donors (Lipinski definition) is 3. The largest absolute Gasteiger partial charge is 0.354 e. The predicted molar refractivity (Wildman–Crippen MR) is 76.3 cm³/mol. The molecule has 2 amide bonds. The maximum atomic E-state index is 12.0. The van der Waals surface area contributed by atoms with E-state index in [2.05, 4.69) is 16.0 Å². The molecule has 5 nitrogen and oxygen atoms in total. The SMILES string of the molecule is CC1(C(=O)NCCNC(=O)C2CC2)CCCCN1.Cl. The van der Waals surface area contributed by atoms with Gasteiger partial charge in [0.05, 0.1) is 5.54 Å². The molecule has 0 spiro atoms. The third kappa shape index (κ3) is 4.66. The number of hydrogen-bond acceptors (Lipinski definition) is 3. The van der Waals surface area contributed by atoms with Crippen molar-refractivity contribution in [3.63, 3.8) is 0 Å². The first-order valence-corrected chi connectivity index (χ1v) is 6.93. The molecule has 2 aliphatic rings. The van der Waals surface area contributed by atoms with Crippen LogP contribution in [0.5, 0.6) is 0 Å². The standard InChI is InChI=1S/C13H23N3O2.ClH/c1-13(6-2-3-7-16-13)12(18)15-9-8-14-11(17)10-4-5-10;/h10,16H,2-9H2,1H3,(H,14,17)(H,15,18);1H. The summed E-state index contributed by atoms with van der Waals surface area (Å²) >= 11 is 0. The third-order valence-corrected chi connectivity index (χ3v) is 3.78. The van der Waals surface area contributed by atoms with Crippen LogP contribution in [-0.4, -0.2) is 37.0 Å². The molecule has 6 heteroatoms. The van der Waals surface area contributed by atoms with Crippen LogP contribution in [0.3, 0.4) is 0 Å². The fourth-order valence-corrected chi connectivity index (χ4v) is 2.30. The highest BCUT2D eigenvalue weighted by atomic mass is 35.5. The number of amides is 2. The highest BCUT2D eigenvalue weighted by molar-refractivity contribution is 5.86. The van der Waals surface area contributed by atoms with Gasteiger partial charge in [0.1, 0.15) is 0 Å². The van der Waals surface area contributed by atoms with Crippen molar-refractivity contribution in [1.29, 1.82) is 0 Å². The van der Waals surface area contributed by atoms with Gasteiger partial charge < -0.3 is 16.0 Å². The van der Waals surface area contributed by atoms with Crippen molar-refractivity contribution in [1.82, 2.24) is 16.0 Å². The quantitative estimate of drug-likeness (QED) is 0.649. The van der Waals surface area contributed by atoms with Crippen LogP contribution < -0.4 is 16.0 Å². The van der Waals surface area contributed by atoms with Gasteiger partial charge in [-0.2, -0.15) is 0 Å². The van der Waals surface area contributed by atoms with E-state index in [1.807, 2.05) is 6.92 Å². The van der Waals surface area contributed by atoms with Crippen molar-refractivity contribution in [3.05, 3.63) is 0 Å². The van der Waals surface area contributed by atoms with Gasteiger partial charge in [0, 0.05) is 19.0 Å². The first-order valence-electron chi connectivity index (χ1n) is 6.93. The maximum absolute atomic E-state index is 12.0. The molecule has 1 atom stereocenters. The molecule has 19 heavy (non-hydrogen) atoms. The molecule has 1 unspecified atom stereocenters. The maximum Gasteiger partial charge on any atom is 0.240 e. The van der Waals surface area contributed by atoms with E-state index in [1.165, 1.54) is 0 Å². The summed E-state index contributed by atoms with van der Waals surface area (Å²) in [5, 5.41) is 9.01. The molecule has 1 saturated carbocycles. The fourth-order valence-electron chi connectivity index (χ4n) is 2.30. The lowest BCUT2D eigenvalue weighted by atomic mass is 9.90. The van der Waals surface area contributed by atoms with E-state index in [0.717, 1.165) is 38.6 Å². The van der Waals surface area contributed by atoms with Crippen LogP contribution in [0.15, 0.2) is 0 Å². The summed E-state index contributed by atoms with van der Waals surface area (Å²) in [6, 6.07) is 0. The Kier molecular flexibility index (Phi) is 6.07. The van der Waals surface area contributed by atoms with Gasteiger partial charge >= 0.3 is 0 Å². The highest BCUT2D eigenvalue weighted by Crippen LogP contribution is 2.28. The molecule has 1 heterocycles. The molecule has 1 aliphatic heterocycles. The summed E-state index contributed by atoms with van der Waals surface area (Å²) < 4.78 is 0.